The number of nitrogens with one attached hydrogen (secondary N) is 1. The van der Waals surface area contributed by atoms with Crippen molar-refractivity contribution in [2.75, 3.05) is 6.54 Å². The van der Waals surface area contributed by atoms with Gasteiger partial charge < -0.3 is 5.32 Å². The molecule has 2 rings (SSSR count). The largest absolute Gasteiger partial charge is 0.313 e. The second-order valence-electron chi connectivity index (χ2n) is 4.50. The van der Waals surface area contributed by atoms with Gasteiger partial charge in [-0.3, -0.25) is 0 Å². The van der Waals surface area contributed by atoms with Crippen LogP contribution in [-0.2, 0) is 6.54 Å². The average Bonchev–Trinajstić information content (AvgIpc) is 2.18. The van der Waals surface area contributed by atoms with Crippen molar-refractivity contribution >= 4 is 15.9 Å². The summed E-state index contributed by atoms with van der Waals surface area (Å²) in [6, 6.07) is 5.23. The lowest BCUT2D eigenvalue weighted by Crippen LogP contribution is -2.21. The van der Waals surface area contributed by atoms with Gasteiger partial charge in [0.05, 0.1) is 0 Å². The maximum absolute atomic E-state index is 13.4. The Morgan fingerprint density at radius 2 is 2.19 bits per heavy atom. The Balaban J connectivity index is 1.71. The van der Waals surface area contributed by atoms with E-state index in [0.29, 0.717) is 6.54 Å². The quantitative estimate of drug-likeness (QED) is 0.810. The van der Waals surface area contributed by atoms with Crippen LogP contribution in [0.1, 0.15) is 31.2 Å². The predicted molar refractivity (Wildman–Crippen MR) is 67.8 cm³/mol. The van der Waals surface area contributed by atoms with E-state index in [4.69, 9.17) is 0 Å². The maximum atomic E-state index is 13.4. The van der Waals surface area contributed by atoms with Crippen LogP contribution in [0.2, 0.25) is 0 Å². The van der Waals surface area contributed by atoms with E-state index in [1.165, 1.54) is 31.7 Å². The number of halogens is 2. The minimum absolute atomic E-state index is 0.134. The number of benzene rings is 1. The molecule has 88 valence electrons. The highest BCUT2D eigenvalue weighted by Gasteiger charge is 2.16. The third-order valence-electron chi connectivity index (χ3n) is 3.28. The molecule has 1 aromatic carbocycles. The van der Waals surface area contributed by atoms with Gasteiger partial charge in [0.1, 0.15) is 5.82 Å². The maximum Gasteiger partial charge on any atom is 0.128 e. The molecule has 0 saturated heterocycles. The summed E-state index contributed by atoms with van der Waals surface area (Å²) < 4.78 is 14.2. The first-order valence-corrected chi connectivity index (χ1v) is 6.69. The summed E-state index contributed by atoms with van der Waals surface area (Å²) in [6.07, 6.45) is 5.40. The van der Waals surface area contributed by atoms with Crippen LogP contribution < -0.4 is 5.32 Å². The van der Waals surface area contributed by atoms with Crippen LogP contribution in [0.3, 0.4) is 0 Å². The molecule has 0 spiro atoms. The SMILES string of the molecule is Fc1cc(Br)ccc1CNCCC1CCC1. The normalized spacial score (nSPS) is 16.1. The molecule has 16 heavy (non-hydrogen) atoms. The Bertz CT molecular complexity index is 350. The smallest absolute Gasteiger partial charge is 0.128 e. The van der Waals surface area contributed by atoms with Crippen molar-refractivity contribution < 1.29 is 4.39 Å². The Morgan fingerprint density at radius 3 is 2.81 bits per heavy atom. The second kappa shape index (κ2) is 5.78. The molecule has 1 nitrogen and oxygen atoms in total. The molecular weight excluding hydrogens is 269 g/mol. The summed E-state index contributed by atoms with van der Waals surface area (Å²) >= 11 is 3.25. The Kier molecular flexibility index (Phi) is 4.36. The van der Waals surface area contributed by atoms with Crippen molar-refractivity contribution in [3.8, 4) is 0 Å². The third-order valence-corrected chi connectivity index (χ3v) is 3.78. The van der Waals surface area contributed by atoms with Crippen molar-refractivity contribution in [2.45, 2.75) is 32.2 Å². The Morgan fingerprint density at radius 1 is 1.38 bits per heavy atom. The fourth-order valence-electron chi connectivity index (χ4n) is 1.98. The van der Waals surface area contributed by atoms with Gasteiger partial charge in [-0.1, -0.05) is 41.3 Å². The van der Waals surface area contributed by atoms with Crippen molar-refractivity contribution in [3.05, 3.63) is 34.1 Å². The summed E-state index contributed by atoms with van der Waals surface area (Å²) in [4.78, 5) is 0. The van der Waals surface area contributed by atoms with Gasteiger partial charge in [-0.2, -0.15) is 0 Å². The molecule has 0 atom stereocenters. The third kappa shape index (κ3) is 3.29. The highest BCUT2D eigenvalue weighted by molar-refractivity contribution is 9.10. The van der Waals surface area contributed by atoms with Crippen molar-refractivity contribution in [2.24, 2.45) is 5.92 Å². The monoisotopic (exact) mass is 285 g/mol. The van der Waals surface area contributed by atoms with Crippen LogP contribution in [0, 0.1) is 11.7 Å². The lowest BCUT2D eigenvalue weighted by molar-refractivity contribution is 0.292. The van der Waals surface area contributed by atoms with Gasteiger partial charge in [0.25, 0.3) is 0 Å². The molecule has 1 aliphatic rings. The van der Waals surface area contributed by atoms with Gasteiger partial charge in [0.15, 0.2) is 0 Å². The lowest BCUT2D eigenvalue weighted by Gasteiger charge is -2.25. The molecule has 1 fully saturated rings. The zero-order chi connectivity index (χ0) is 11.4. The number of hydrogen-bond donors (Lipinski definition) is 1. The lowest BCUT2D eigenvalue weighted by atomic mass is 9.83. The van der Waals surface area contributed by atoms with E-state index in [1.54, 1.807) is 0 Å². The standard InChI is InChI=1S/C13H17BrFN/c14-12-5-4-11(13(15)8-12)9-16-7-6-10-2-1-3-10/h4-5,8,10,16H,1-3,6-7,9H2. The van der Waals surface area contributed by atoms with Crippen molar-refractivity contribution in [3.63, 3.8) is 0 Å². The molecule has 0 aromatic heterocycles. The molecule has 1 N–H and O–H groups in total. The van der Waals surface area contributed by atoms with Crippen molar-refractivity contribution in [1.82, 2.24) is 5.32 Å². The summed E-state index contributed by atoms with van der Waals surface area (Å²) in [6.45, 7) is 1.63. The first kappa shape index (κ1) is 12.1. The second-order valence-corrected chi connectivity index (χ2v) is 5.41. The van der Waals surface area contributed by atoms with Gasteiger partial charge in [-0.05, 0) is 31.0 Å². The first-order valence-electron chi connectivity index (χ1n) is 5.90. The highest BCUT2D eigenvalue weighted by Crippen LogP contribution is 2.28. The van der Waals surface area contributed by atoms with Crippen LogP contribution in [-0.4, -0.2) is 6.54 Å². The van der Waals surface area contributed by atoms with Gasteiger partial charge in [0.2, 0.25) is 0 Å². The van der Waals surface area contributed by atoms with E-state index in [0.717, 1.165) is 22.5 Å². The average molecular weight is 286 g/mol. The number of rotatable bonds is 5. The molecule has 1 aromatic rings. The Labute approximate surface area is 105 Å². The fourth-order valence-corrected chi connectivity index (χ4v) is 2.31. The zero-order valence-electron chi connectivity index (χ0n) is 9.31. The fraction of sp³-hybridized carbons (Fsp3) is 0.538. The molecule has 0 bridgehead atoms. The van der Waals surface area contributed by atoms with E-state index in [-0.39, 0.29) is 5.82 Å². The van der Waals surface area contributed by atoms with Gasteiger partial charge in [-0.15, -0.1) is 0 Å². The van der Waals surface area contributed by atoms with E-state index < -0.39 is 0 Å². The van der Waals surface area contributed by atoms with E-state index in [9.17, 15) is 4.39 Å². The van der Waals surface area contributed by atoms with Crippen molar-refractivity contribution in [1.29, 1.82) is 0 Å². The minimum atomic E-state index is -0.134. The molecule has 0 heterocycles. The Hall–Kier alpha value is -0.410. The van der Waals surface area contributed by atoms with Crippen LogP contribution in [0.5, 0.6) is 0 Å². The van der Waals surface area contributed by atoms with Crippen LogP contribution in [0.4, 0.5) is 4.39 Å². The zero-order valence-corrected chi connectivity index (χ0v) is 10.9. The molecule has 1 saturated carbocycles. The topological polar surface area (TPSA) is 12.0 Å². The van der Waals surface area contributed by atoms with Gasteiger partial charge in [0, 0.05) is 16.6 Å². The molecule has 0 amide bonds. The minimum Gasteiger partial charge on any atom is -0.313 e. The van der Waals surface area contributed by atoms with Crippen LogP contribution >= 0.6 is 15.9 Å². The predicted octanol–water partition coefficient (Wildman–Crippen LogP) is 3.87. The van der Waals surface area contributed by atoms with E-state index in [1.807, 2.05) is 12.1 Å². The molecule has 1 aliphatic carbocycles. The van der Waals surface area contributed by atoms with Gasteiger partial charge in [-0.25, -0.2) is 4.39 Å². The van der Waals surface area contributed by atoms with Gasteiger partial charge >= 0.3 is 0 Å². The van der Waals surface area contributed by atoms with E-state index >= 15 is 0 Å². The molecule has 0 radical (unpaired) electrons. The summed E-state index contributed by atoms with van der Waals surface area (Å²) in [7, 11) is 0. The molecule has 3 heteroatoms. The molecule has 0 unspecified atom stereocenters. The molecule has 0 aliphatic heterocycles. The summed E-state index contributed by atoms with van der Waals surface area (Å²) in [5.41, 5.74) is 0.747. The van der Waals surface area contributed by atoms with Crippen LogP contribution in [0.15, 0.2) is 22.7 Å². The van der Waals surface area contributed by atoms with Crippen LogP contribution in [0.25, 0.3) is 0 Å². The van der Waals surface area contributed by atoms with E-state index in [2.05, 4.69) is 21.2 Å². The number of hydrogen-bond acceptors (Lipinski definition) is 1. The molecular formula is C13H17BrFN. The first-order chi connectivity index (χ1) is 7.75. The highest BCUT2D eigenvalue weighted by atomic mass is 79.9. The summed E-state index contributed by atoms with van der Waals surface area (Å²) in [5, 5.41) is 3.31. The summed E-state index contributed by atoms with van der Waals surface area (Å²) in [5.74, 6) is 0.785.